The average molecular weight is 378 g/mol. The summed E-state index contributed by atoms with van der Waals surface area (Å²) in [7, 11) is 0. The van der Waals surface area contributed by atoms with Gasteiger partial charge in [0.2, 0.25) is 5.91 Å². The monoisotopic (exact) mass is 378 g/mol. The van der Waals surface area contributed by atoms with Crippen LogP contribution >= 0.6 is 0 Å². The molecule has 0 unspecified atom stereocenters. The number of anilines is 1. The van der Waals surface area contributed by atoms with Gasteiger partial charge in [-0.15, -0.1) is 0 Å². The summed E-state index contributed by atoms with van der Waals surface area (Å²) in [5.41, 5.74) is 3.91. The molecule has 0 aliphatic carbocycles. The number of amides is 2. The van der Waals surface area contributed by atoms with Crippen molar-refractivity contribution in [2.75, 3.05) is 24.5 Å². The van der Waals surface area contributed by atoms with Gasteiger partial charge in [-0.2, -0.15) is 0 Å². The molecule has 0 radical (unpaired) electrons. The smallest absolute Gasteiger partial charge is 0.251 e. The lowest BCUT2D eigenvalue weighted by Crippen LogP contribution is -3.08. The van der Waals surface area contributed by atoms with Crippen molar-refractivity contribution in [2.45, 2.75) is 38.8 Å². The molecule has 0 bridgehead atoms. The van der Waals surface area contributed by atoms with Gasteiger partial charge in [0, 0.05) is 49.2 Å². The largest absolute Gasteiger partial charge is 0.348 e. The molecule has 2 saturated heterocycles. The number of hydrogen-bond donors (Lipinski definition) is 2. The Morgan fingerprint density at radius 2 is 1.79 bits per heavy atom. The first-order valence-electron chi connectivity index (χ1n) is 10.3. The summed E-state index contributed by atoms with van der Waals surface area (Å²) in [6.45, 7) is 4.76. The molecule has 4 rings (SSSR count). The van der Waals surface area contributed by atoms with E-state index in [0.29, 0.717) is 18.5 Å². The molecule has 146 valence electrons. The van der Waals surface area contributed by atoms with Crippen molar-refractivity contribution >= 4 is 17.5 Å². The van der Waals surface area contributed by atoms with Crippen LogP contribution in [-0.2, 0) is 17.9 Å². The third-order valence-electron chi connectivity index (χ3n) is 5.80. The fourth-order valence-corrected chi connectivity index (χ4v) is 4.24. The van der Waals surface area contributed by atoms with Crippen LogP contribution in [0.1, 0.15) is 47.2 Å². The standard InChI is InChI=1S/C23H27N3O2/c27-22-11-6-14-26(22)21-10-5-9-18(15-21)23(28)24-16-19-7-1-2-8-20(19)17-25-12-3-4-13-25/h1-2,5,7-10,15H,3-4,6,11-14,16-17H2,(H,24,28)/p+1. The number of nitrogens with one attached hydrogen (secondary N) is 2. The molecule has 0 saturated carbocycles. The van der Waals surface area contributed by atoms with E-state index in [0.717, 1.165) is 25.2 Å². The summed E-state index contributed by atoms with van der Waals surface area (Å²) < 4.78 is 0. The summed E-state index contributed by atoms with van der Waals surface area (Å²) in [4.78, 5) is 28.1. The van der Waals surface area contributed by atoms with E-state index in [-0.39, 0.29) is 11.8 Å². The van der Waals surface area contributed by atoms with Crippen LogP contribution < -0.4 is 15.1 Å². The second-order valence-corrected chi connectivity index (χ2v) is 7.78. The first-order valence-corrected chi connectivity index (χ1v) is 10.3. The maximum absolute atomic E-state index is 12.7. The normalized spacial score (nSPS) is 17.3. The molecule has 2 fully saturated rings. The van der Waals surface area contributed by atoms with Crippen molar-refractivity contribution in [2.24, 2.45) is 0 Å². The molecule has 2 aliphatic rings. The van der Waals surface area contributed by atoms with Gasteiger partial charge in [0.15, 0.2) is 0 Å². The number of quaternary nitrogens is 1. The Bertz CT molecular complexity index is 858. The van der Waals surface area contributed by atoms with Gasteiger partial charge in [-0.3, -0.25) is 9.59 Å². The quantitative estimate of drug-likeness (QED) is 0.807. The molecule has 2 N–H and O–H groups in total. The Morgan fingerprint density at radius 3 is 2.54 bits per heavy atom. The van der Waals surface area contributed by atoms with Crippen molar-refractivity contribution in [3.8, 4) is 0 Å². The summed E-state index contributed by atoms with van der Waals surface area (Å²) in [5.74, 6) is 0.0349. The van der Waals surface area contributed by atoms with Crippen molar-refractivity contribution in [3.05, 3.63) is 65.2 Å². The second-order valence-electron chi connectivity index (χ2n) is 7.78. The highest BCUT2D eigenvalue weighted by Gasteiger charge is 2.22. The van der Waals surface area contributed by atoms with Gasteiger partial charge >= 0.3 is 0 Å². The molecule has 5 nitrogen and oxygen atoms in total. The van der Waals surface area contributed by atoms with E-state index in [9.17, 15) is 9.59 Å². The van der Waals surface area contributed by atoms with Crippen molar-refractivity contribution < 1.29 is 14.5 Å². The zero-order valence-electron chi connectivity index (χ0n) is 16.2. The van der Waals surface area contributed by atoms with E-state index >= 15 is 0 Å². The third-order valence-corrected chi connectivity index (χ3v) is 5.80. The molecule has 0 spiro atoms. The number of hydrogen-bond acceptors (Lipinski definition) is 2. The van der Waals surface area contributed by atoms with Gasteiger partial charge in [-0.25, -0.2) is 0 Å². The van der Waals surface area contributed by atoms with Gasteiger partial charge in [0.05, 0.1) is 13.1 Å². The van der Waals surface area contributed by atoms with Crippen LogP contribution in [0.5, 0.6) is 0 Å². The Labute approximate surface area is 166 Å². The van der Waals surface area contributed by atoms with Crippen LogP contribution in [0.4, 0.5) is 5.69 Å². The molecule has 0 atom stereocenters. The van der Waals surface area contributed by atoms with Crippen LogP contribution in [0.15, 0.2) is 48.5 Å². The SMILES string of the molecule is O=C(NCc1ccccc1C[NH+]1CCCC1)c1cccc(N2CCCC2=O)c1. The van der Waals surface area contributed by atoms with Gasteiger partial charge < -0.3 is 15.1 Å². The predicted molar refractivity (Wildman–Crippen MR) is 109 cm³/mol. The number of nitrogens with zero attached hydrogens (tertiary/aromatic N) is 1. The van der Waals surface area contributed by atoms with Crippen LogP contribution in [0.3, 0.4) is 0 Å². The summed E-state index contributed by atoms with van der Waals surface area (Å²) in [6, 6.07) is 15.8. The Kier molecular flexibility index (Phi) is 5.72. The first kappa shape index (κ1) is 18.7. The summed E-state index contributed by atoms with van der Waals surface area (Å²) in [6.07, 6.45) is 4.09. The minimum absolute atomic E-state index is 0.100. The lowest BCUT2D eigenvalue weighted by Gasteiger charge is -2.17. The van der Waals surface area contributed by atoms with Crippen molar-refractivity contribution in [3.63, 3.8) is 0 Å². The number of benzene rings is 2. The highest BCUT2D eigenvalue weighted by atomic mass is 16.2. The summed E-state index contributed by atoms with van der Waals surface area (Å²) in [5, 5.41) is 3.06. The van der Waals surface area contributed by atoms with Crippen LogP contribution in [0.2, 0.25) is 0 Å². The Hall–Kier alpha value is -2.66. The van der Waals surface area contributed by atoms with E-state index in [1.165, 1.54) is 37.1 Å². The number of likely N-dealkylation sites (tertiary alicyclic amines) is 1. The maximum Gasteiger partial charge on any atom is 0.251 e. The van der Waals surface area contributed by atoms with Crippen LogP contribution in [-0.4, -0.2) is 31.4 Å². The van der Waals surface area contributed by atoms with E-state index in [2.05, 4.69) is 23.5 Å². The molecule has 28 heavy (non-hydrogen) atoms. The molecule has 0 aromatic heterocycles. The third kappa shape index (κ3) is 4.25. The van der Waals surface area contributed by atoms with E-state index in [1.807, 2.05) is 24.3 Å². The maximum atomic E-state index is 12.7. The fourth-order valence-electron chi connectivity index (χ4n) is 4.24. The highest BCUT2D eigenvalue weighted by Crippen LogP contribution is 2.22. The summed E-state index contributed by atoms with van der Waals surface area (Å²) >= 11 is 0. The Balaban J connectivity index is 1.41. The van der Waals surface area contributed by atoms with Gasteiger partial charge in [0.1, 0.15) is 6.54 Å². The molecular weight excluding hydrogens is 350 g/mol. The number of carbonyl (C=O) groups excluding carboxylic acids is 2. The average Bonchev–Trinajstić information content (AvgIpc) is 3.39. The van der Waals surface area contributed by atoms with Crippen molar-refractivity contribution in [1.82, 2.24) is 5.32 Å². The molecular formula is C23H28N3O2+. The first-order chi connectivity index (χ1) is 13.7. The molecule has 2 aliphatic heterocycles. The van der Waals surface area contributed by atoms with E-state index in [4.69, 9.17) is 0 Å². The molecule has 2 amide bonds. The molecule has 2 heterocycles. The molecule has 5 heteroatoms. The highest BCUT2D eigenvalue weighted by molar-refractivity contribution is 5.99. The predicted octanol–water partition coefficient (Wildman–Crippen LogP) is 1.92. The van der Waals surface area contributed by atoms with Gasteiger partial charge in [0.25, 0.3) is 5.91 Å². The van der Waals surface area contributed by atoms with E-state index < -0.39 is 0 Å². The topological polar surface area (TPSA) is 53.9 Å². The zero-order chi connectivity index (χ0) is 19.3. The minimum atomic E-state index is -0.100. The lowest BCUT2D eigenvalue weighted by atomic mass is 10.1. The van der Waals surface area contributed by atoms with Crippen molar-refractivity contribution in [1.29, 1.82) is 0 Å². The lowest BCUT2D eigenvalue weighted by molar-refractivity contribution is -0.901. The number of rotatable bonds is 6. The van der Waals surface area contributed by atoms with Gasteiger partial charge in [-0.1, -0.05) is 30.3 Å². The zero-order valence-corrected chi connectivity index (χ0v) is 16.2. The number of carbonyl (C=O) groups is 2. The minimum Gasteiger partial charge on any atom is -0.348 e. The molecule has 2 aromatic carbocycles. The van der Waals surface area contributed by atoms with Crippen LogP contribution in [0, 0.1) is 0 Å². The second kappa shape index (κ2) is 8.57. The van der Waals surface area contributed by atoms with Gasteiger partial charge in [-0.05, 0) is 30.2 Å². The van der Waals surface area contributed by atoms with Crippen LogP contribution in [0.25, 0.3) is 0 Å². The van der Waals surface area contributed by atoms with E-state index in [1.54, 1.807) is 15.9 Å². The molecule has 2 aromatic rings. The fraction of sp³-hybridized carbons (Fsp3) is 0.391. The Morgan fingerprint density at radius 1 is 1.00 bits per heavy atom.